The van der Waals surface area contributed by atoms with Gasteiger partial charge in [0.1, 0.15) is 0 Å². The van der Waals surface area contributed by atoms with E-state index < -0.39 is 0 Å². The smallest absolute Gasteiger partial charge is 0.255 e. The van der Waals surface area contributed by atoms with E-state index in [9.17, 15) is 9.59 Å². The number of hydrogen-bond donors (Lipinski definition) is 1. The van der Waals surface area contributed by atoms with Gasteiger partial charge in [-0.1, -0.05) is 24.3 Å². The van der Waals surface area contributed by atoms with Crippen LogP contribution in [-0.2, 0) is 11.2 Å². The van der Waals surface area contributed by atoms with Crippen molar-refractivity contribution in [2.45, 2.75) is 26.7 Å². The molecule has 3 rings (SSSR count). The first-order chi connectivity index (χ1) is 11.1. The molecule has 0 fully saturated rings. The molecule has 4 heteroatoms. The molecule has 1 N–H and O–H groups in total. The lowest BCUT2D eigenvalue weighted by Gasteiger charge is -2.29. The highest BCUT2D eigenvalue weighted by atomic mass is 16.2. The Bertz CT molecular complexity index is 768. The minimum absolute atomic E-state index is 0.0355. The molecule has 0 spiro atoms. The first kappa shape index (κ1) is 15.3. The van der Waals surface area contributed by atoms with Crippen molar-refractivity contribution >= 4 is 23.2 Å². The molecule has 0 aromatic heterocycles. The monoisotopic (exact) mass is 308 g/mol. The van der Waals surface area contributed by atoms with Gasteiger partial charge in [0.25, 0.3) is 5.91 Å². The highest BCUT2D eigenvalue weighted by Crippen LogP contribution is 2.30. The van der Waals surface area contributed by atoms with E-state index in [1.54, 1.807) is 11.8 Å². The minimum atomic E-state index is -0.131. The number of aryl methyl sites for hydroxylation is 2. The summed E-state index contributed by atoms with van der Waals surface area (Å²) in [4.78, 5) is 26.0. The van der Waals surface area contributed by atoms with Gasteiger partial charge in [-0.2, -0.15) is 0 Å². The van der Waals surface area contributed by atoms with Crippen LogP contribution in [0.15, 0.2) is 42.5 Å². The summed E-state index contributed by atoms with van der Waals surface area (Å²) in [6.07, 6.45) is 1.94. The number of benzene rings is 2. The Kier molecular flexibility index (Phi) is 4.15. The predicted molar refractivity (Wildman–Crippen MR) is 91.9 cm³/mol. The highest BCUT2D eigenvalue weighted by molar-refractivity contribution is 6.05. The summed E-state index contributed by atoms with van der Waals surface area (Å²) in [5.74, 6) is -0.0958. The van der Waals surface area contributed by atoms with E-state index in [-0.39, 0.29) is 11.8 Å². The summed E-state index contributed by atoms with van der Waals surface area (Å²) in [6, 6.07) is 13.3. The second-order valence-corrected chi connectivity index (χ2v) is 5.89. The van der Waals surface area contributed by atoms with Crippen LogP contribution in [0.25, 0.3) is 0 Å². The fourth-order valence-electron chi connectivity index (χ4n) is 3.01. The lowest BCUT2D eigenvalue weighted by atomic mass is 10.0. The zero-order valence-corrected chi connectivity index (χ0v) is 13.4. The maximum atomic E-state index is 12.4. The molecule has 0 aliphatic carbocycles. The van der Waals surface area contributed by atoms with Crippen molar-refractivity contribution in [3.05, 3.63) is 59.2 Å². The molecule has 4 nitrogen and oxygen atoms in total. The summed E-state index contributed by atoms with van der Waals surface area (Å²) in [7, 11) is 0. The molecule has 23 heavy (non-hydrogen) atoms. The molecule has 2 aromatic rings. The topological polar surface area (TPSA) is 49.4 Å². The normalized spacial score (nSPS) is 13.4. The Balaban J connectivity index is 1.87. The van der Waals surface area contributed by atoms with E-state index in [1.165, 1.54) is 0 Å². The average molecular weight is 308 g/mol. The molecule has 1 aliphatic rings. The number of amides is 2. The molecule has 0 radical (unpaired) electrons. The fourth-order valence-corrected chi connectivity index (χ4v) is 3.01. The van der Waals surface area contributed by atoms with Crippen molar-refractivity contribution in [3.8, 4) is 0 Å². The summed E-state index contributed by atoms with van der Waals surface area (Å²) in [5, 5.41) is 2.93. The molecule has 1 aliphatic heterocycles. The molecule has 2 amide bonds. The van der Waals surface area contributed by atoms with Gasteiger partial charge in [0.2, 0.25) is 5.91 Å². The lowest BCUT2D eigenvalue weighted by molar-refractivity contribution is -0.116. The van der Waals surface area contributed by atoms with Crippen LogP contribution < -0.4 is 10.2 Å². The minimum Gasteiger partial charge on any atom is -0.322 e. The van der Waals surface area contributed by atoms with Crippen molar-refractivity contribution in [1.82, 2.24) is 0 Å². The molecule has 118 valence electrons. The molecular weight excluding hydrogens is 288 g/mol. The van der Waals surface area contributed by atoms with Crippen LogP contribution in [0.2, 0.25) is 0 Å². The van der Waals surface area contributed by atoms with E-state index in [4.69, 9.17) is 0 Å². The van der Waals surface area contributed by atoms with Crippen molar-refractivity contribution in [3.63, 3.8) is 0 Å². The van der Waals surface area contributed by atoms with Crippen LogP contribution in [-0.4, -0.2) is 18.4 Å². The fraction of sp³-hybridized carbons (Fsp3) is 0.263. The number of carbonyl (C=O) groups is 2. The number of nitrogens with zero attached hydrogens (tertiary/aromatic N) is 1. The number of carbonyl (C=O) groups excluding carboxylic acids is 2. The summed E-state index contributed by atoms with van der Waals surface area (Å²) >= 11 is 0. The maximum absolute atomic E-state index is 12.4. The zero-order valence-electron chi connectivity index (χ0n) is 13.4. The Morgan fingerprint density at radius 2 is 1.91 bits per heavy atom. The Morgan fingerprint density at radius 3 is 2.65 bits per heavy atom. The number of hydrogen-bond acceptors (Lipinski definition) is 2. The molecular formula is C19H20N2O2. The number of anilines is 2. The average Bonchev–Trinajstić information content (AvgIpc) is 2.54. The van der Waals surface area contributed by atoms with E-state index >= 15 is 0 Å². The van der Waals surface area contributed by atoms with Gasteiger partial charge in [-0.05, 0) is 49.1 Å². The molecule has 0 atom stereocenters. The second-order valence-electron chi connectivity index (χ2n) is 5.89. The quantitative estimate of drug-likeness (QED) is 0.922. The molecule has 0 saturated carbocycles. The summed E-state index contributed by atoms with van der Waals surface area (Å²) < 4.78 is 0. The zero-order chi connectivity index (χ0) is 16.4. The highest BCUT2D eigenvalue weighted by Gasteiger charge is 2.20. The SMILES string of the molecule is CC(=O)N1CCCc2ccc(NC(=O)c3ccccc3C)cc21. The van der Waals surface area contributed by atoms with E-state index in [0.29, 0.717) is 11.3 Å². The van der Waals surface area contributed by atoms with Crippen molar-refractivity contribution in [2.75, 3.05) is 16.8 Å². The van der Waals surface area contributed by atoms with E-state index in [1.807, 2.05) is 49.4 Å². The van der Waals surface area contributed by atoms with Gasteiger partial charge in [-0.3, -0.25) is 9.59 Å². The maximum Gasteiger partial charge on any atom is 0.255 e. The largest absolute Gasteiger partial charge is 0.322 e. The van der Waals surface area contributed by atoms with Gasteiger partial charge in [0.05, 0.1) is 0 Å². The second kappa shape index (κ2) is 6.24. The van der Waals surface area contributed by atoms with Crippen LogP contribution in [0.1, 0.15) is 34.8 Å². The number of fused-ring (bicyclic) bond motifs is 1. The predicted octanol–water partition coefficient (Wildman–Crippen LogP) is 3.55. The van der Waals surface area contributed by atoms with E-state index in [2.05, 4.69) is 5.32 Å². The van der Waals surface area contributed by atoms with Crippen LogP contribution in [0.4, 0.5) is 11.4 Å². The van der Waals surface area contributed by atoms with Crippen LogP contribution in [0, 0.1) is 6.92 Å². The summed E-state index contributed by atoms with van der Waals surface area (Å²) in [5.41, 5.74) is 4.37. The van der Waals surface area contributed by atoms with E-state index in [0.717, 1.165) is 36.2 Å². The third-order valence-corrected chi connectivity index (χ3v) is 4.23. The van der Waals surface area contributed by atoms with Gasteiger partial charge in [0, 0.05) is 30.4 Å². The molecule has 0 unspecified atom stereocenters. The molecule has 1 heterocycles. The van der Waals surface area contributed by atoms with Crippen molar-refractivity contribution in [2.24, 2.45) is 0 Å². The van der Waals surface area contributed by atoms with Gasteiger partial charge in [-0.25, -0.2) is 0 Å². The molecule has 2 aromatic carbocycles. The van der Waals surface area contributed by atoms with Gasteiger partial charge >= 0.3 is 0 Å². The Labute approximate surface area is 136 Å². The molecule has 0 bridgehead atoms. The standard InChI is InChI=1S/C19H20N2O2/c1-13-6-3-4-8-17(13)19(23)20-16-10-9-15-7-5-11-21(14(2)22)18(15)12-16/h3-4,6,8-10,12H,5,7,11H2,1-2H3,(H,20,23). The first-order valence-corrected chi connectivity index (χ1v) is 7.84. The number of nitrogens with one attached hydrogen (secondary N) is 1. The Morgan fingerprint density at radius 1 is 1.13 bits per heavy atom. The van der Waals surface area contributed by atoms with Gasteiger partial charge in [0.15, 0.2) is 0 Å². The van der Waals surface area contributed by atoms with Crippen LogP contribution in [0.3, 0.4) is 0 Å². The van der Waals surface area contributed by atoms with Crippen LogP contribution in [0.5, 0.6) is 0 Å². The van der Waals surface area contributed by atoms with Crippen LogP contribution >= 0.6 is 0 Å². The molecule has 0 saturated heterocycles. The first-order valence-electron chi connectivity index (χ1n) is 7.84. The third-order valence-electron chi connectivity index (χ3n) is 4.23. The third kappa shape index (κ3) is 3.11. The summed E-state index contributed by atoms with van der Waals surface area (Å²) in [6.45, 7) is 4.23. The Hall–Kier alpha value is -2.62. The van der Waals surface area contributed by atoms with Gasteiger partial charge < -0.3 is 10.2 Å². The lowest BCUT2D eigenvalue weighted by Crippen LogP contribution is -2.33. The van der Waals surface area contributed by atoms with Gasteiger partial charge in [-0.15, -0.1) is 0 Å². The number of rotatable bonds is 2. The van der Waals surface area contributed by atoms with Crippen molar-refractivity contribution < 1.29 is 9.59 Å². The van der Waals surface area contributed by atoms with Crippen molar-refractivity contribution in [1.29, 1.82) is 0 Å².